The predicted molar refractivity (Wildman–Crippen MR) is 75.7 cm³/mol. The minimum absolute atomic E-state index is 0.100. The van der Waals surface area contributed by atoms with Crippen LogP contribution in [0.3, 0.4) is 0 Å². The molecule has 0 bridgehead atoms. The summed E-state index contributed by atoms with van der Waals surface area (Å²) in [6.45, 7) is 5.58. The molecule has 2 nitrogen and oxygen atoms in total. The number of imidazole rings is 1. The Morgan fingerprint density at radius 3 is 2.40 bits per heavy atom. The number of aryl methyl sites for hydroxylation is 3. The first-order valence-corrected chi connectivity index (χ1v) is 6.39. The van der Waals surface area contributed by atoms with E-state index in [9.17, 15) is 8.78 Å². The summed E-state index contributed by atoms with van der Waals surface area (Å²) in [6, 6.07) is 6.53. The molecule has 0 spiro atoms. The maximum atomic E-state index is 14.1. The number of halogens is 2. The highest BCUT2D eigenvalue weighted by Gasteiger charge is 2.17. The quantitative estimate of drug-likeness (QED) is 0.697. The molecule has 0 saturated heterocycles. The molecule has 4 heteroatoms. The van der Waals surface area contributed by atoms with E-state index in [1.165, 1.54) is 12.1 Å². The fourth-order valence-corrected chi connectivity index (χ4v) is 2.26. The Labute approximate surface area is 115 Å². The molecule has 0 fully saturated rings. The standard InChI is InChI=1S/C16H14F2N2/c1-8-4-5-11(17)14(15(8)18)16-19-12-6-9(2)10(3)7-13(12)20-16/h4-7H,1-3H3,(H,19,20). The maximum absolute atomic E-state index is 14.1. The number of rotatable bonds is 1. The van der Waals surface area contributed by atoms with Gasteiger partial charge in [0.05, 0.1) is 16.6 Å². The van der Waals surface area contributed by atoms with Crippen LogP contribution in [0, 0.1) is 32.4 Å². The Morgan fingerprint density at radius 2 is 1.65 bits per heavy atom. The molecule has 0 aliphatic carbocycles. The van der Waals surface area contributed by atoms with Gasteiger partial charge in [0.15, 0.2) is 0 Å². The molecule has 20 heavy (non-hydrogen) atoms. The van der Waals surface area contributed by atoms with Gasteiger partial charge in [0.25, 0.3) is 0 Å². The molecule has 1 N–H and O–H groups in total. The van der Waals surface area contributed by atoms with Crippen molar-refractivity contribution in [1.82, 2.24) is 9.97 Å². The van der Waals surface area contributed by atoms with E-state index >= 15 is 0 Å². The highest BCUT2D eigenvalue weighted by Crippen LogP contribution is 2.28. The Bertz CT molecular complexity index is 780. The zero-order chi connectivity index (χ0) is 14.4. The van der Waals surface area contributed by atoms with Crippen LogP contribution in [0.2, 0.25) is 0 Å². The van der Waals surface area contributed by atoms with Crippen molar-refractivity contribution in [3.8, 4) is 11.4 Å². The number of hydrogen-bond acceptors (Lipinski definition) is 1. The van der Waals surface area contributed by atoms with Gasteiger partial charge in [-0.3, -0.25) is 0 Å². The summed E-state index contributed by atoms with van der Waals surface area (Å²) in [5.41, 5.74) is 4.00. The van der Waals surface area contributed by atoms with Crippen molar-refractivity contribution >= 4 is 11.0 Å². The zero-order valence-corrected chi connectivity index (χ0v) is 11.5. The monoisotopic (exact) mass is 272 g/mol. The summed E-state index contributed by atoms with van der Waals surface area (Å²) in [4.78, 5) is 7.31. The third-order valence-electron chi connectivity index (χ3n) is 3.62. The van der Waals surface area contributed by atoms with Gasteiger partial charge in [-0.25, -0.2) is 13.8 Å². The van der Waals surface area contributed by atoms with Crippen molar-refractivity contribution in [3.63, 3.8) is 0 Å². The molecule has 3 rings (SSSR count). The van der Waals surface area contributed by atoms with Crippen LogP contribution in [0.5, 0.6) is 0 Å². The lowest BCUT2D eigenvalue weighted by Gasteiger charge is -2.03. The second kappa shape index (κ2) is 4.40. The second-order valence-electron chi connectivity index (χ2n) is 5.09. The smallest absolute Gasteiger partial charge is 0.144 e. The summed E-state index contributed by atoms with van der Waals surface area (Å²) >= 11 is 0. The van der Waals surface area contributed by atoms with Crippen LogP contribution in [0.4, 0.5) is 8.78 Å². The summed E-state index contributed by atoms with van der Waals surface area (Å²) in [5.74, 6) is -0.957. The van der Waals surface area contributed by atoms with Gasteiger partial charge in [0, 0.05) is 0 Å². The average Bonchev–Trinajstić information content (AvgIpc) is 2.77. The average molecular weight is 272 g/mol. The van der Waals surface area contributed by atoms with E-state index in [0.29, 0.717) is 11.1 Å². The molecule has 0 unspecified atom stereocenters. The molecule has 1 heterocycles. The Balaban J connectivity index is 2.28. The zero-order valence-electron chi connectivity index (χ0n) is 11.5. The lowest BCUT2D eigenvalue weighted by Crippen LogP contribution is -1.94. The lowest BCUT2D eigenvalue weighted by atomic mass is 10.1. The molecule has 1 aromatic heterocycles. The Morgan fingerprint density at radius 1 is 0.950 bits per heavy atom. The summed E-state index contributed by atoms with van der Waals surface area (Å²) in [5, 5.41) is 0. The molecule has 0 aliphatic heterocycles. The van der Waals surface area contributed by atoms with Crippen LogP contribution in [-0.2, 0) is 0 Å². The fourth-order valence-electron chi connectivity index (χ4n) is 2.26. The molecule has 0 amide bonds. The first kappa shape index (κ1) is 12.8. The molecule has 0 radical (unpaired) electrons. The second-order valence-corrected chi connectivity index (χ2v) is 5.09. The molecular weight excluding hydrogens is 258 g/mol. The molecule has 102 valence electrons. The van der Waals surface area contributed by atoms with Crippen molar-refractivity contribution < 1.29 is 8.78 Å². The summed E-state index contributed by atoms with van der Waals surface area (Å²) < 4.78 is 28.0. The van der Waals surface area contributed by atoms with E-state index in [4.69, 9.17) is 0 Å². The van der Waals surface area contributed by atoms with Gasteiger partial charge >= 0.3 is 0 Å². The van der Waals surface area contributed by atoms with Crippen LogP contribution in [0.25, 0.3) is 22.4 Å². The van der Waals surface area contributed by atoms with Gasteiger partial charge in [-0.1, -0.05) is 6.07 Å². The number of H-pyrrole nitrogens is 1. The number of benzene rings is 2. The highest BCUT2D eigenvalue weighted by molar-refractivity contribution is 5.81. The van der Waals surface area contributed by atoms with Gasteiger partial charge in [0.1, 0.15) is 17.5 Å². The molecule has 3 aromatic rings. The van der Waals surface area contributed by atoms with Crippen molar-refractivity contribution in [2.45, 2.75) is 20.8 Å². The topological polar surface area (TPSA) is 28.7 Å². The van der Waals surface area contributed by atoms with Gasteiger partial charge in [-0.15, -0.1) is 0 Å². The number of fused-ring (bicyclic) bond motifs is 1. The van der Waals surface area contributed by atoms with Gasteiger partial charge in [-0.05, 0) is 55.7 Å². The first-order valence-electron chi connectivity index (χ1n) is 6.39. The number of aromatic amines is 1. The van der Waals surface area contributed by atoms with E-state index in [1.807, 2.05) is 26.0 Å². The van der Waals surface area contributed by atoms with Gasteiger partial charge < -0.3 is 4.98 Å². The molecule has 0 atom stereocenters. The number of nitrogens with one attached hydrogen (secondary N) is 1. The lowest BCUT2D eigenvalue weighted by molar-refractivity contribution is 0.582. The van der Waals surface area contributed by atoms with Crippen molar-refractivity contribution in [3.05, 3.63) is 52.6 Å². The third kappa shape index (κ3) is 1.88. The number of aromatic nitrogens is 2. The number of hydrogen-bond donors (Lipinski definition) is 1. The minimum atomic E-state index is -0.611. The minimum Gasteiger partial charge on any atom is -0.338 e. The molecule has 0 aliphatic rings. The van der Waals surface area contributed by atoms with Gasteiger partial charge in [0.2, 0.25) is 0 Å². The normalized spacial score (nSPS) is 11.2. The van der Waals surface area contributed by atoms with Crippen molar-refractivity contribution in [2.24, 2.45) is 0 Å². The van der Waals surface area contributed by atoms with Crippen LogP contribution < -0.4 is 0 Å². The van der Waals surface area contributed by atoms with E-state index < -0.39 is 11.6 Å². The van der Waals surface area contributed by atoms with E-state index in [1.54, 1.807) is 6.92 Å². The van der Waals surface area contributed by atoms with E-state index in [-0.39, 0.29) is 11.4 Å². The predicted octanol–water partition coefficient (Wildman–Crippen LogP) is 4.43. The molecular formula is C16H14F2N2. The molecule has 0 saturated carbocycles. The van der Waals surface area contributed by atoms with Crippen molar-refractivity contribution in [1.29, 1.82) is 0 Å². The third-order valence-corrected chi connectivity index (χ3v) is 3.62. The van der Waals surface area contributed by atoms with Crippen LogP contribution in [0.1, 0.15) is 16.7 Å². The maximum Gasteiger partial charge on any atom is 0.144 e. The summed E-state index contributed by atoms with van der Waals surface area (Å²) in [6.07, 6.45) is 0. The van der Waals surface area contributed by atoms with Crippen LogP contribution >= 0.6 is 0 Å². The van der Waals surface area contributed by atoms with E-state index in [2.05, 4.69) is 9.97 Å². The first-order chi connectivity index (χ1) is 9.47. The fraction of sp³-hybridized carbons (Fsp3) is 0.188. The highest BCUT2D eigenvalue weighted by atomic mass is 19.1. The number of nitrogens with zero attached hydrogens (tertiary/aromatic N) is 1. The van der Waals surface area contributed by atoms with Crippen LogP contribution in [-0.4, -0.2) is 9.97 Å². The molecule has 2 aromatic carbocycles. The largest absolute Gasteiger partial charge is 0.338 e. The van der Waals surface area contributed by atoms with Crippen molar-refractivity contribution in [2.75, 3.05) is 0 Å². The van der Waals surface area contributed by atoms with Gasteiger partial charge in [-0.2, -0.15) is 0 Å². The summed E-state index contributed by atoms with van der Waals surface area (Å²) in [7, 11) is 0. The van der Waals surface area contributed by atoms with E-state index in [0.717, 1.165) is 16.6 Å². The Hall–Kier alpha value is -2.23. The van der Waals surface area contributed by atoms with Crippen LogP contribution in [0.15, 0.2) is 24.3 Å². The SMILES string of the molecule is Cc1cc2nc(-c3c(F)ccc(C)c3F)[nH]c2cc1C. The Kier molecular flexibility index (Phi) is 2.82.